The van der Waals surface area contributed by atoms with Crippen molar-refractivity contribution in [2.24, 2.45) is 5.73 Å². The molecule has 1 unspecified atom stereocenters. The molecule has 20 heavy (non-hydrogen) atoms. The predicted molar refractivity (Wildman–Crippen MR) is 77.1 cm³/mol. The number of hydrogen-bond acceptors (Lipinski definition) is 5. The largest absolute Gasteiger partial charge is 0.492 e. The summed E-state index contributed by atoms with van der Waals surface area (Å²) >= 11 is 0. The number of hydrogen-bond donors (Lipinski definition) is 3. The zero-order chi connectivity index (χ0) is 15.2. The second-order valence-corrected chi connectivity index (χ2v) is 6.08. The summed E-state index contributed by atoms with van der Waals surface area (Å²) in [6.07, 6.45) is 1.08. The minimum Gasteiger partial charge on any atom is -0.492 e. The molecule has 7 nitrogen and oxygen atoms in total. The van der Waals surface area contributed by atoms with Gasteiger partial charge >= 0.3 is 0 Å². The lowest BCUT2D eigenvalue weighted by Gasteiger charge is -2.10. The van der Waals surface area contributed by atoms with Crippen molar-refractivity contribution in [3.63, 3.8) is 0 Å². The number of carbonyl (C=O) groups is 1. The second-order valence-electron chi connectivity index (χ2n) is 4.33. The molecule has 0 aliphatic carbocycles. The first-order valence-electron chi connectivity index (χ1n) is 6.02. The fourth-order valence-corrected chi connectivity index (χ4v) is 1.90. The highest BCUT2D eigenvalue weighted by Crippen LogP contribution is 2.16. The number of nitrogens with one attached hydrogen (secondary N) is 2. The fourth-order valence-electron chi connectivity index (χ4n) is 1.34. The molecule has 0 spiro atoms. The van der Waals surface area contributed by atoms with Crippen molar-refractivity contribution in [2.45, 2.75) is 13.0 Å². The third kappa shape index (κ3) is 6.39. The van der Waals surface area contributed by atoms with Crippen LogP contribution < -0.4 is 20.5 Å². The predicted octanol–water partition coefficient (Wildman–Crippen LogP) is -0.0997. The monoisotopic (exact) mass is 301 g/mol. The van der Waals surface area contributed by atoms with Crippen molar-refractivity contribution < 1.29 is 17.9 Å². The van der Waals surface area contributed by atoms with Crippen LogP contribution in [0, 0.1) is 0 Å². The Labute approximate surface area is 118 Å². The van der Waals surface area contributed by atoms with Crippen molar-refractivity contribution in [3.05, 3.63) is 24.3 Å². The summed E-state index contributed by atoms with van der Waals surface area (Å²) in [4.78, 5) is 11.2. The van der Waals surface area contributed by atoms with E-state index in [9.17, 15) is 13.2 Å². The number of rotatable bonds is 7. The third-order valence-electron chi connectivity index (χ3n) is 2.24. The number of anilines is 1. The summed E-state index contributed by atoms with van der Waals surface area (Å²) in [7, 11) is -3.28. The lowest BCUT2D eigenvalue weighted by Crippen LogP contribution is -2.40. The van der Waals surface area contributed by atoms with E-state index in [1.54, 1.807) is 31.2 Å². The minimum absolute atomic E-state index is 0.235. The molecule has 0 aliphatic rings. The van der Waals surface area contributed by atoms with E-state index in [1.807, 2.05) is 0 Å². The first-order chi connectivity index (χ1) is 9.28. The SMILES string of the molecule is CC(N)C(=O)NCCOc1ccc(NS(C)(=O)=O)cc1. The molecule has 1 aromatic carbocycles. The van der Waals surface area contributed by atoms with Crippen molar-refractivity contribution in [3.8, 4) is 5.75 Å². The summed E-state index contributed by atoms with van der Waals surface area (Å²) in [5.74, 6) is 0.348. The number of benzene rings is 1. The van der Waals surface area contributed by atoms with Crippen LogP contribution in [0.15, 0.2) is 24.3 Å². The van der Waals surface area contributed by atoms with E-state index in [0.717, 1.165) is 6.26 Å². The second kappa shape index (κ2) is 7.11. The van der Waals surface area contributed by atoms with Crippen LogP contribution in [0.2, 0.25) is 0 Å². The Hall–Kier alpha value is -1.80. The van der Waals surface area contributed by atoms with Gasteiger partial charge in [-0.1, -0.05) is 0 Å². The standard InChI is InChI=1S/C12H19N3O4S/c1-9(13)12(16)14-7-8-19-11-5-3-10(4-6-11)15-20(2,17)18/h3-6,9,15H,7-8,13H2,1-2H3,(H,14,16). The van der Waals surface area contributed by atoms with Crippen LogP contribution in [0.1, 0.15) is 6.92 Å². The van der Waals surface area contributed by atoms with E-state index in [0.29, 0.717) is 24.6 Å². The highest BCUT2D eigenvalue weighted by Gasteiger charge is 2.05. The Bertz CT molecular complexity index is 540. The van der Waals surface area contributed by atoms with E-state index in [1.165, 1.54) is 0 Å². The normalized spacial score (nSPS) is 12.6. The number of nitrogens with two attached hydrogens (primary N) is 1. The topological polar surface area (TPSA) is 111 Å². The number of amides is 1. The molecule has 0 bridgehead atoms. The average molecular weight is 301 g/mol. The van der Waals surface area contributed by atoms with Gasteiger partial charge in [0.15, 0.2) is 0 Å². The molecule has 0 radical (unpaired) electrons. The van der Waals surface area contributed by atoms with Gasteiger partial charge in [-0.25, -0.2) is 8.42 Å². The number of carbonyl (C=O) groups excluding carboxylic acids is 1. The minimum atomic E-state index is -3.28. The molecule has 1 amide bonds. The Morgan fingerprint density at radius 2 is 1.95 bits per heavy atom. The Kier molecular flexibility index (Phi) is 5.78. The van der Waals surface area contributed by atoms with Gasteiger partial charge in [-0.3, -0.25) is 9.52 Å². The summed E-state index contributed by atoms with van der Waals surface area (Å²) in [6.45, 7) is 2.25. The summed E-state index contributed by atoms with van der Waals surface area (Å²) < 4.78 is 29.8. The molecule has 0 aliphatic heterocycles. The van der Waals surface area contributed by atoms with Crippen molar-refractivity contribution in [1.29, 1.82) is 0 Å². The maximum absolute atomic E-state index is 11.2. The van der Waals surface area contributed by atoms with Crippen LogP contribution >= 0.6 is 0 Å². The van der Waals surface area contributed by atoms with Gasteiger partial charge in [-0.05, 0) is 31.2 Å². The molecule has 0 saturated heterocycles. The molecule has 1 aromatic rings. The van der Waals surface area contributed by atoms with Gasteiger partial charge in [0.1, 0.15) is 12.4 Å². The Balaban J connectivity index is 2.37. The molecular formula is C12H19N3O4S. The van der Waals surface area contributed by atoms with E-state index in [4.69, 9.17) is 10.5 Å². The fraction of sp³-hybridized carbons (Fsp3) is 0.417. The molecule has 112 valence electrons. The molecular weight excluding hydrogens is 282 g/mol. The van der Waals surface area contributed by atoms with Gasteiger partial charge < -0.3 is 15.8 Å². The lowest BCUT2D eigenvalue weighted by molar-refractivity contribution is -0.122. The molecule has 1 atom stereocenters. The van der Waals surface area contributed by atoms with Gasteiger partial charge in [-0.15, -0.1) is 0 Å². The van der Waals surface area contributed by atoms with Gasteiger partial charge in [0, 0.05) is 5.69 Å². The van der Waals surface area contributed by atoms with E-state index >= 15 is 0 Å². The maximum Gasteiger partial charge on any atom is 0.236 e. The molecule has 8 heteroatoms. The summed E-state index contributed by atoms with van der Waals surface area (Å²) in [5, 5.41) is 2.61. The van der Waals surface area contributed by atoms with Crippen LogP contribution in [0.4, 0.5) is 5.69 Å². The average Bonchev–Trinajstić information content (AvgIpc) is 2.34. The van der Waals surface area contributed by atoms with Crippen LogP contribution in [0.25, 0.3) is 0 Å². The zero-order valence-corrected chi connectivity index (χ0v) is 12.2. The van der Waals surface area contributed by atoms with Gasteiger partial charge in [-0.2, -0.15) is 0 Å². The summed E-state index contributed by atoms with van der Waals surface area (Å²) in [6, 6.07) is 5.92. The van der Waals surface area contributed by atoms with Crippen LogP contribution in [0.5, 0.6) is 5.75 Å². The molecule has 0 aromatic heterocycles. The summed E-state index contributed by atoms with van der Waals surface area (Å²) in [5.41, 5.74) is 5.85. The van der Waals surface area contributed by atoms with E-state index < -0.39 is 16.1 Å². The van der Waals surface area contributed by atoms with E-state index in [2.05, 4.69) is 10.0 Å². The molecule has 4 N–H and O–H groups in total. The highest BCUT2D eigenvalue weighted by molar-refractivity contribution is 7.92. The van der Waals surface area contributed by atoms with Crippen LogP contribution in [0.3, 0.4) is 0 Å². The molecule has 0 fully saturated rings. The van der Waals surface area contributed by atoms with Crippen molar-refractivity contribution in [2.75, 3.05) is 24.1 Å². The lowest BCUT2D eigenvalue weighted by atomic mass is 10.3. The number of ether oxygens (including phenoxy) is 1. The van der Waals surface area contributed by atoms with Gasteiger partial charge in [0.2, 0.25) is 15.9 Å². The first-order valence-corrected chi connectivity index (χ1v) is 7.91. The first kappa shape index (κ1) is 16.3. The van der Waals surface area contributed by atoms with Gasteiger partial charge in [0.25, 0.3) is 0 Å². The Morgan fingerprint density at radius 3 is 2.45 bits per heavy atom. The van der Waals surface area contributed by atoms with Crippen molar-refractivity contribution in [1.82, 2.24) is 5.32 Å². The zero-order valence-electron chi connectivity index (χ0n) is 11.4. The van der Waals surface area contributed by atoms with Crippen LogP contribution in [-0.4, -0.2) is 39.8 Å². The quantitative estimate of drug-likeness (QED) is 0.609. The maximum atomic E-state index is 11.2. The van der Waals surface area contributed by atoms with E-state index in [-0.39, 0.29) is 5.91 Å². The Morgan fingerprint density at radius 1 is 1.35 bits per heavy atom. The molecule has 0 heterocycles. The number of sulfonamides is 1. The third-order valence-corrected chi connectivity index (χ3v) is 2.85. The smallest absolute Gasteiger partial charge is 0.236 e. The van der Waals surface area contributed by atoms with Gasteiger partial charge in [0.05, 0.1) is 18.8 Å². The molecule has 0 saturated carbocycles. The highest BCUT2D eigenvalue weighted by atomic mass is 32.2. The van der Waals surface area contributed by atoms with Crippen LogP contribution in [-0.2, 0) is 14.8 Å². The van der Waals surface area contributed by atoms with Crippen molar-refractivity contribution >= 4 is 21.6 Å². The molecule has 1 rings (SSSR count).